The summed E-state index contributed by atoms with van der Waals surface area (Å²) in [6, 6.07) is 14.7. The Morgan fingerprint density at radius 1 is 0.550 bits per heavy atom. The van der Waals surface area contributed by atoms with E-state index in [4.69, 9.17) is 18.9 Å². The van der Waals surface area contributed by atoms with Crippen molar-refractivity contribution in [2.45, 2.75) is 181 Å². The molecule has 2 aliphatic carbocycles. The molecule has 334 valence electrons. The van der Waals surface area contributed by atoms with Gasteiger partial charge in [-0.1, -0.05) is 140 Å². The van der Waals surface area contributed by atoms with Crippen LogP contribution in [-0.2, 0) is 32.3 Å². The molecule has 0 unspecified atom stereocenters. The molecule has 0 amide bonds. The Hall–Kier alpha value is -3.62. The van der Waals surface area contributed by atoms with E-state index in [0.717, 1.165) is 11.8 Å². The molecule has 0 aliphatic heterocycles. The van der Waals surface area contributed by atoms with Crippen LogP contribution in [0.5, 0.6) is 11.5 Å². The van der Waals surface area contributed by atoms with Crippen LogP contribution in [0.15, 0.2) is 72.8 Å². The van der Waals surface area contributed by atoms with Crippen molar-refractivity contribution in [1.82, 2.24) is 0 Å². The molecule has 0 saturated heterocycles. The van der Waals surface area contributed by atoms with Crippen molar-refractivity contribution in [2.24, 2.45) is 23.7 Å². The molecule has 0 radical (unpaired) electrons. The van der Waals surface area contributed by atoms with Crippen LogP contribution in [0, 0.1) is 23.7 Å². The van der Waals surface area contributed by atoms with E-state index < -0.39 is 23.1 Å². The van der Waals surface area contributed by atoms with E-state index in [9.17, 15) is 19.8 Å². The van der Waals surface area contributed by atoms with Crippen LogP contribution in [0.4, 0.5) is 0 Å². The smallest absolute Gasteiger partial charge is 0.339 e. The summed E-state index contributed by atoms with van der Waals surface area (Å²) in [5.41, 5.74) is -2.85. The van der Waals surface area contributed by atoms with E-state index in [2.05, 4.69) is 38.2 Å². The Balaban J connectivity index is 1.30. The average Bonchev–Trinajstić information content (AvgIpc) is 3.26. The number of carbonyl (C=O) groups is 2. The second-order valence-electron chi connectivity index (χ2n) is 17.7. The third-order valence-corrected chi connectivity index (χ3v) is 13.1. The Morgan fingerprint density at radius 3 is 1.23 bits per heavy atom. The number of carboxylic acid groups (broad SMARTS) is 2. The molecule has 0 aromatic heterocycles. The normalized spacial score (nSPS) is 21.7. The van der Waals surface area contributed by atoms with Crippen LogP contribution in [0.1, 0.15) is 167 Å². The molecule has 60 heavy (non-hydrogen) atoms. The van der Waals surface area contributed by atoms with Crippen molar-refractivity contribution in [3.8, 4) is 11.5 Å². The third kappa shape index (κ3) is 15.1. The van der Waals surface area contributed by atoms with E-state index in [1.54, 1.807) is 0 Å². The molecule has 8 nitrogen and oxygen atoms in total. The molecule has 2 saturated carbocycles. The highest BCUT2D eigenvalue weighted by molar-refractivity contribution is 5.91. The number of ether oxygens (including phenoxy) is 4. The highest BCUT2D eigenvalue weighted by Crippen LogP contribution is 2.41. The highest BCUT2D eigenvalue weighted by Gasteiger charge is 2.63. The second kappa shape index (κ2) is 26.7. The van der Waals surface area contributed by atoms with Gasteiger partial charge in [-0.3, -0.25) is 0 Å². The minimum absolute atomic E-state index is 0.0383. The molecule has 2 fully saturated rings. The van der Waals surface area contributed by atoms with Gasteiger partial charge in [-0.15, -0.1) is 0 Å². The number of allylic oxidation sites excluding steroid dienone is 2. The Morgan fingerprint density at radius 2 is 0.917 bits per heavy atom. The summed E-state index contributed by atoms with van der Waals surface area (Å²) in [7, 11) is 0. The number of carboxylic acids is 2. The van der Waals surface area contributed by atoms with Crippen LogP contribution < -0.4 is 9.47 Å². The van der Waals surface area contributed by atoms with E-state index in [1.807, 2.05) is 62.4 Å². The van der Waals surface area contributed by atoms with Gasteiger partial charge in [0.2, 0.25) is 11.2 Å². The van der Waals surface area contributed by atoms with Gasteiger partial charge in [-0.05, 0) is 123 Å². The molecule has 2 N–H and O–H groups in total. The predicted octanol–water partition coefficient (Wildman–Crippen LogP) is 13.3. The first-order valence-electron chi connectivity index (χ1n) is 23.7. The molecule has 0 spiro atoms. The first-order chi connectivity index (χ1) is 29.2. The van der Waals surface area contributed by atoms with Gasteiger partial charge in [0.1, 0.15) is 24.7 Å². The number of benzene rings is 2. The lowest BCUT2D eigenvalue weighted by atomic mass is 9.75. The van der Waals surface area contributed by atoms with Crippen LogP contribution in [-0.4, -0.2) is 46.6 Å². The molecule has 4 rings (SSSR count). The molecule has 2 aliphatic rings. The van der Waals surface area contributed by atoms with Crippen molar-refractivity contribution in [3.05, 3.63) is 84.0 Å². The number of hydrogen-bond donors (Lipinski definition) is 2. The van der Waals surface area contributed by atoms with Crippen molar-refractivity contribution < 1.29 is 38.7 Å². The van der Waals surface area contributed by atoms with Gasteiger partial charge < -0.3 is 29.2 Å². The number of unbranched alkanes of at least 4 members (excludes halogenated alkanes) is 4. The second-order valence-corrected chi connectivity index (χ2v) is 17.7. The third-order valence-electron chi connectivity index (χ3n) is 13.1. The fourth-order valence-electron chi connectivity index (χ4n) is 9.43. The van der Waals surface area contributed by atoms with E-state index in [0.29, 0.717) is 60.5 Å². The first kappa shape index (κ1) is 49.0. The van der Waals surface area contributed by atoms with Gasteiger partial charge in [0.05, 0.1) is 13.2 Å². The average molecular weight is 831 g/mol. The van der Waals surface area contributed by atoms with Crippen molar-refractivity contribution in [2.75, 3.05) is 13.2 Å². The fourth-order valence-corrected chi connectivity index (χ4v) is 9.43. The predicted molar refractivity (Wildman–Crippen MR) is 241 cm³/mol. The van der Waals surface area contributed by atoms with Crippen LogP contribution >= 0.6 is 0 Å². The largest absolute Gasteiger partial charge is 0.490 e. The molecule has 0 heterocycles. The zero-order valence-electron chi connectivity index (χ0n) is 37.6. The molecule has 2 aromatic carbocycles. The lowest BCUT2D eigenvalue weighted by Gasteiger charge is -2.44. The maximum Gasteiger partial charge on any atom is 0.339 e. The summed E-state index contributed by atoms with van der Waals surface area (Å²) in [5, 5.41) is 21.6. The first-order valence-corrected chi connectivity index (χ1v) is 23.7. The van der Waals surface area contributed by atoms with E-state index in [1.165, 1.54) is 103 Å². The van der Waals surface area contributed by atoms with Crippen LogP contribution in [0.2, 0.25) is 0 Å². The monoisotopic (exact) mass is 831 g/mol. The van der Waals surface area contributed by atoms with E-state index in [-0.39, 0.29) is 26.1 Å². The zero-order valence-corrected chi connectivity index (χ0v) is 37.6. The van der Waals surface area contributed by atoms with Gasteiger partial charge in [0.25, 0.3) is 0 Å². The minimum atomic E-state index is -2.14. The summed E-state index contributed by atoms with van der Waals surface area (Å²) in [6.45, 7) is 8.94. The van der Waals surface area contributed by atoms with Gasteiger partial charge in [-0.2, -0.15) is 0 Å². The lowest BCUT2D eigenvalue weighted by molar-refractivity contribution is -0.240. The fraction of sp³-hybridized carbons (Fsp3) is 0.654. The summed E-state index contributed by atoms with van der Waals surface area (Å²) in [4.78, 5) is 26.5. The molecule has 2 atom stereocenters. The Bertz CT molecular complexity index is 1430. The number of aliphatic carboxylic acids is 2. The van der Waals surface area contributed by atoms with E-state index >= 15 is 0 Å². The highest BCUT2D eigenvalue weighted by atomic mass is 16.6. The molecule has 8 heteroatoms. The molecular formula is C52H78O8. The molecular weight excluding hydrogens is 753 g/mol. The van der Waals surface area contributed by atoms with Crippen molar-refractivity contribution in [1.29, 1.82) is 0 Å². The summed E-state index contributed by atoms with van der Waals surface area (Å²) >= 11 is 0. The Kier molecular flexibility index (Phi) is 21.8. The maximum atomic E-state index is 13.3. The molecule has 0 bridgehead atoms. The Labute approximate surface area is 362 Å². The van der Waals surface area contributed by atoms with Gasteiger partial charge in [-0.25, -0.2) is 9.59 Å². The maximum absolute atomic E-state index is 13.3. The number of hydrogen-bond acceptors (Lipinski definition) is 6. The topological polar surface area (TPSA) is 112 Å². The minimum Gasteiger partial charge on any atom is -0.490 e. The summed E-state index contributed by atoms with van der Waals surface area (Å²) in [5.74, 6) is 1.73. The van der Waals surface area contributed by atoms with Crippen molar-refractivity contribution >= 4 is 11.9 Å². The van der Waals surface area contributed by atoms with Gasteiger partial charge >= 0.3 is 11.9 Å². The summed E-state index contributed by atoms with van der Waals surface area (Å²) in [6.07, 6.45) is 30.6. The quantitative estimate of drug-likeness (QED) is 0.0616. The SMILES string of the molecule is CCCCCC1CCC(C=CCOc2ccc(CO[C@@](CCC)(C(=O)O)[C@@](CCC)(OCc3ccc(OCC=CC4CCC(CCCCC)CC4)cc3)C(=O)O)cc2)CC1. The lowest BCUT2D eigenvalue weighted by Crippen LogP contribution is -2.66. The van der Waals surface area contributed by atoms with Gasteiger partial charge in [0.15, 0.2) is 0 Å². The van der Waals surface area contributed by atoms with Crippen LogP contribution in [0.25, 0.3) is 0 Å². The standard InChI is InChI=1S/C52H78O8/c1-5-9-11-15-41-19-23-43(24-20-41)17-13-37-57-47-31-27-45(28-32-47)39-59-51(35-7-3,49(53)54)52(36-8-4,50(55)56)60-40-46-29-33-48(34-30-46)58-38-14-18-44-25-21-42(22-26-44)16-12-10-6-2/h13-14,17-18,27-34,41-44H,5-12,15-16,19-26,35-40H2,1-4H3,(H,53,54)(H,55,56)/t41?,42?,43?,44?,51-,52-/m0/s1. The molecule has 2 aromatic rings. The zero-order chi connectivity index (χ0) is 43.1. The number of rotatable bonds is 29. The van der Waals surface area contributed by atoms with Crippen LogP contribution in [0.3, 0.4) is 0 Å². The summed E-state index contributed by atoms with van der Waals surface area (Å²) < 4.78 is 24.6. The van der Waals surface area contributed by atoms with Gasteiger partial charge in [0, 0.05) is 0 Å². The van der Waals surface area contributed by atoms with Crippen molar-refractivity contribution in [3.63, 3.8) is 0 Å².